The fourth-order valence-corrected chi connectivity index (χ4v) is 3.67. The summed E-state index contributed by atoms with van der Waals surface area (Å²) in [5, 5.41) is 7.05. The Kier molecular flexibility index (Phi) is 3.79. The van der Waals surface area contributed by atoms with E-state index in [0.29, 0.717) is 0 Å². The van der Waals surface area contributed by atoms with Gasteiger partial charge in [0.1, 0.15) is 5.03 Å². The summed E-state index contributed by atoms with van der Waals surface area (Å²) in [5.41, 5.74) is 1.19. The Morgan fingerprint density at radius 2 is 2.16 bits per heavy atom. The second-order valence-electron chi connectivity index (χ2n) is 4.01. The third-order valence-corrected chi connectivity index (χ3v) is 4.73. The van der Waals surface area contributed by atoms with Crippen LogP contribution in [0.4, 0.5) is 0 Å². The van der Waals surface area contributed by atoms with Crippen LogP contribution in [0.5, 0.6) is 0 Å². The molecule has 0 aliphatic rings. The molecule has 3 rings (SSSR count). The number of fused-ring (bicyclic) bond motifs is 1. The van der Waals surface area contributed by atoms with Crippen molar-refractivity contribution in [1.82, 2.24) is 14.7 Å². The van der Waals surface area contributed by atoms with Gasteiger partial charge in [-0.1, -0.05) is 23.4 Å². The fraction of sp³-hybridized carbons (Fsp3) is 0.154. The molecule has 6 heteroatoms. The van der Waals surface area contributed by atoms with E-state index in [-0.39, 0.29) is 0 Å². The highest BCUT2D eigenvalue weighted by atomic mass is 35.5. The molecule has 0 spiro atoms. The molecule has 0 saturated carbocycles. The molecule has 0 amide bonds. The average Bonchev–Trinajstić information content (AvgIpc) is 2.96. The minimum Gasteiger partial charge on any atom is -0.314 e. The monoisotopic (exact) mass is 309 g/mol. The van der Waals surface area contributed by atoms with Crippen LogP contribution in [0.2, 0.25) is 5.02 Å². The highest BCUT2D eigenvalue weighted by Crippen LogP contribution is 2.32. The predicted molar refractivity (Wildman–Crippen MR) is 81.4 cm³/mol. The molecular weight excluding hydrogens is 298 g/mol. The fourth-order valence-electron chi connectivity index (χ4n) is 1.84. The maximum Gasteiger partial charge on any atom is 0.194 e. The molecule has 2 aromatic heterocycles. The lowest BCUT2D eigenvalue weighted by Crippen LogP contribution is -2.07. The molecule has 0 radical (unpaired) electrons. The first kappa shape index (κ1) is 13.0. The lowest BCUT2D eigenvalue weighted by Gasteiger charge is -2.03. The van der Waals surface area contributed by atoms with Crippen LogP contribution in [0.3, 0.4) is 0 Å². The van der Waals surface area contributed by atoms with Crippen molar-refractivity contribution in [3.8, 4) is 0 Å². The standard InChI is InChI=1S/C13H12ClN3S2/c1-15-8-11-12(16-13-17(11)6-7-18-13)19-10-4-2-9(14)3-5-10/h2-7,15H,8H2,1H3. The largest absolute Gasteiger partial charge is 0.314 e. The Labute approximate surface area is 124 Å². The van der Waals surface area contributed by atoms with Crippen LogP contribution < -0.4 is 5.32 Å². The first-order valence-corrected chi connectivity index (χ1v) is 7.88. The van der Waals surface area contributed by atoms with Crippen molar-refractivity contribution in [2.24, 2.45) is 0 Å². The molecule has 0 aliphatic heterocycles. The van der Waals surface area contributed by atoms with Gasteiger partial charge in [-0.3, -0.25) is 4.40 Å². The summed E-state index contributed by atoms with van der Waals surface area (Å²) in [6, 6.07) is 7.84. The summed E-state index contributed by atoms with van der Waals surface area (Å²) in [6.45, 7) is 0.799. The summed E-state index contributed by atoms with van der Waals surface area (Å²) in [4.78, 5) is 6.86. The number of thiazole rings is 1. The molecule has 19 heavy (non-hydrogen) atoms. The van der Waals surface area contributed by atoms with Crippen LogP contribution in [0, 0.1) is 0 Å². The molecule has 3 aromatic rings. The van der Waals surface area contributed by atoms with Gasteiger partial charge in [-0.15, -0.1) is 11.3 Å². The van der Waals surface area contributed by atoms with E-state index in [1.54, 1.807) is 23.1 Å². The SMILES string of the molecule is CNCc1c(Sc2ccc(Cl)cc2)nc2sccn12. The first-order valence-electron chi connectivity index (χ1n) is 5.80. The highest BCUT2D eigenvalue weighted by Gasteiger charge is 2.13. The normalized spacial score (nSPS) is 11.3. The first-order chi connectivity index (χ1) is 9.28. The second kappa shape index (κ2) is 5.54. The molecule has 98 valence electrons. The maximum atomic E-state index is 5.91. The Morgan fingerprint density at radius 3 is 2.89 bits per heavy atom. The summed E-state index contributed by atoms with van der Waals surface area (Å²) < 4.78 is 2.14. The second-order valence-corrected chi connectivity index (χ2v) is 6.38. The molecule has 0 bridgehead atoms. The van der Waals surface area contributed by atoms with Gasteiger partial charge in [0.15, 0.2) is 4.96 Å². The van der Waals surface area contributed by atoms with Crippen LogP contribution in [0.15, 0.2) is 45.8 Å². The molecule has 1 aromatic carbocycles. The van der Waals surface area contributed by atoms with Crippen LogP contribution >= 0.6 is 34.7 Å². The van der Waals surface area contributed by atoms with Crippen LogP contribution in [-0.2, 0) is 6.54 Å². The van der Waals surface area contributed by atoms with Gasteiger partial charge in [0.2, 0.25) is 0 Å². The zero-order valence-corrected chi connectivity index (χ0v) is 12.6. The van der Waals surface area contributed by atoms with Crippen molar-refractivity contribution in [2.75, 3.05) is 7.05 Å². The summed E-state index contributed by atoms with van der Waals surface area (Å²) in [7, 11) is 1.95. The van der Waals surface area contributed by atoms with E-state index in [2.05, 4.69) is 26.3 Å². The van der Waals surface area contributed by atoms with Gasteiger partial charge >= 0.3 is 0 Å². The van der Waals surface area contributed by atoms with Gasteiger partial charge in [0.25, 0.3) is 0 Å². The van der Waals surface area contributed by atoms with Crippen molar-refractivity contribution in [2.45, 2.75) is 16.5 Å². The smallest absolute Gasteiger partial charge is 0.194 e. The molecule has 0 saturated heterocycles. The van der Waals surface area contributed by atoms with E-state index >= 15 is 0 Å². The van der Waals surface area contributed by atoms with Crippen LogP contribution in [0.25, 0.3) is 4.96 Å². The van der Waals surface area contributed by atoms with Crippen molar-refractivity contribution < 1.29 is 0 Å². The zero-order valence-electron chi connectivity index (χ0n) is 10.3. The van der Waals surface area contributed by atoms with E-state index in [4.69, 9.17) is 11.6 Å². The Bertz CT molecular complexity index is 688. The van der Waals surface area contributed by atoms with E-state index in [1.165, 1.54) is 5.69 Å². The number of nitrogens with one attached hydrogen (secondary N) is 1. The van der Waals surface area contributed by atoms with Crippen LogP contribution in [-0.4, -0.2) is 16.4 Å². The third kappa shape index (κ3) is 2.65. The number of hydrogen-bond donors (Lipinski definition) is 1. The lowest BCUT2D eigenvalue weighted by molar-refractivity contribution is 0.765. The molecule has 1 N–H and O–H groups in total. The summed E-state index contributed by atoms with van der Waals surface area (Å²) >= 11 is 9.23. The van der Waals surface area contributed by atoms with E-state index in [0.717, 1.165) is 26.4 Å². The highest BCUT2D eigenvalue weighted by molar-refractivity contribution is 7.99. The number of rotatable bonds is 4. The number of hydrogen-bond acceptors (Lipinski definition) is 4. The lowest BCUT2D eigenvalue weighted by atomic mass is 10.4. The number of halogens is 1. The minimum absolute atomic E-state index is 0.755. The number of imidazole rings is 1. The number of aromatic nitrogens is 2. The molecule has 2 heterocycles. The van der Waals surface area contributed by atoms with E-state index in [9.17, 15) is 0 Å². The van der Waals surface area contributed by atoms with Gasteiger partial charge in [0, 0.05) is 28.0 Å². The average molecular weight is 310 g/mol. The summed E-state index contributed by atoms with van der Waals surface area (Å²) in [5.74, 6) is 0. The van der Waals surface area contributed by atoms with Gasteiger partial charge in [0.05, 0.1) is 5.69 Å². The predicted octanol–water partition coefficient (Wildman–Crippen LogP) is 3.92. The van der Waals surface area contributed by atoms with Gasteiger partial charge in [-0.05, 0) is 31.3 Å². The van der Waals surface area contributed by atoms with Gasteiger partial charge in [-0.25, -0.2) is 4.98 Å². The number of nitrogens with zero attached hydrogens (tertiary/aromatic N) is 2. The Hall–Kier alpha value is -1.01. The third-order valence-electron chi connectivity index (χ3n) is 2.70. The van der Waals surface area contributed by atoms with Crippen molar-refractivity contribution in [3.63, 3.8) is 0 Å². The Balaban J connectivity index is 1.97. The maximum absolute atomic E-state index is 5.91. The van der Waals surface area contributed by atoms with Crippen molar-refractivity contribution in [1.29, 1.82) is 0 Å². The molecule has 0 atom stereocenters. The van der Waals surface area contributed by atoms with Gasteiger partial charge in [-0.2, -0.15) is 0 Å². The quantitative estimate of drug-likeness (QED) is 0.792. The Morgan fingerprint density at radius 1 is 1.37 bits per heavy atom. The summed E-state index contributed by atoms with van der Waals surface area (Å²) in [6.07, 6.45) is 2.06. The topological polar surface area (TPSA) is 29.3 Å². The molecule has 0 aliphatic carbocycles. The van der Waals surface area contributed by atoms with E-state index < -0.39 is 0 Å². The molecule has 0 fully saturated rings. The molecule has 0 unspecified atom stereocenters. The molecule has 3 nitrogen and oxygen atoms in total. The van der Waals surface area contributed by atoms with Crippen LogP contribution in [0.1, 0.15) is 5.69 Å². The minimum atomic E-state index is 0.755. The zero-order chi connectivity index (χ0) is 13.2. The molecular formula is C13H12ClN3S2. The van der Waals surface area contributed by atoms with Crippen molar-refractivity contribution in [3.05, 3.63) is 46.6 Å². The van der Waals surface area contributed by atoms with Gasteiger partial charge < -0.3 is 5.32 Å². The van der Waals surface area contributed by atoms with E-state index in [1.807, 2.05) is 31.3 Å². The van der Waals surface area contributed by atoms with Crippen molar-refractivity contribution >= 4 is 39.7 Å². The number of benzene rings is 1.